The molecular formula is C12H15ClN2OS2. The van der Waals surface area contributed by atoms with E-state index in [0.717, 1.165) is 22.8 Å². The lowest BCUT2D eigenvalue weighted by Gasteiger charge is -2.09. The van der Waals surface area contributed by atoms with Gasteiger partial charge in [0.05, 0.1) is 29.4 Å². The van der Waals surface area contributed by atoms with E-state index in [1.165, 1.54) is 4.88 Å². The average molecular weight is 303 g/mol. The van der Waals surface area contributed by atoms with E-state index >= 15 is 0 Å². The van der Waals surface area contributed by atoms with Crippen molar-refractivity contribution in [3.05, 3.63) is 32.2 Å². The molecule has 0 amide bonds. The number of halogens is 1. The van der Waals surface area contributed by atoms with Crippen LogP contribution in [0.25, 0.3) is 0 Å². The van der Waals surface area contributed by atoms with E-state index in [1.54, 1.807) is 22.7 Å². The summed E-state index contributed by atoms with van der Waals surface area (Å²) in [7, 11) is 0. The molecule has 3 nitrogen and oxygen atoms in total. The van der Waals surface area contributed by atoms with Crippen LogP contribution >= 0.6 is 34.3 Å². The maximum absolute atomic E-state index is 5.80. The lowest BCUT2D eigenvalue weighted by Crippen LogP contribution is -2.04. The van der Waals surface area contributed by atoms with Crippen LogP contribution in [-0.4, -0.2) is 16.6 Å². The molecule has 2 heterocycles. The third-order valence-electron chi connectivity index (χ3n) is 2.60. The van der Waals surface area contributed by atoms with Crippen LogP contribution in [0.1, 0.15) is 34.3 Å². The van der Waals surface area contributed by atoms with E-state index in [9.17, 15) is 0 Å². The van der Waals surface area contributed by atoms with Gasteiger partial charge in [-0.05, 0) is 13.8 Å². The molecule has 2 aromatic rings. The Hall–Kier alpha value is -0.490. The van der Waals surface area contributed by atoms with Crippen molar-refractivity contribution in [1.29, 1.82) is 0 Å². The third kappa shape index (κ3) is 3.51. The van der Waals surface area contributed by atoms with Gasteiger partial charge in [0.25, 0.3) is 0 Å². The first-order chi connectivity index (χ1) is 8.70. The fourth-order valence-electron chi connectivity index (χ4n) is 1.54. The van der Waals surface area contributed by atoms with Crippen molar-refractivity contribution in [2.75, 3.05) is 6.61 Å². The summed E-state index contributed by atoms with van der Waals surface area (Å²) in [5.41, 5.74) is 3.90. The maximum atomic E-state index is 5.80. The predicted octanol–water partition coefficient (Wildman–Crippen LogP) is 3.97. The molecule has 0 saturated heterocycles. The summed E-state index contributed by atoms with van der Waals surface area (Å²) in [6, 6.07) is 0. The van der Waals surface area contributed by atoms with Gasteiger partial charge < -0.3 is 4.74 Å². The first-order valence-electron chi connectivity index (χ1n) is 5.71. The second-order valence-corrected chi connectivity index (χ2v) is 6.03. The van der Waals surface area contributed by atoms with Crippen LogP contribution in [0.15, 0.2) is 10.9 Å². The largest absolute Gasteiger partial charge is 0.371 e. The van der Waals surface area contributed by atoms with Crippen LogP contribution < -0.4 is 0 Å². The number of alkyl halides is 1. The summed E-state index contributed by atoms with van der Waals surface area (Å²) >= 11 is 9.02. The lowest BCUT2D eigenvalue weighted by molar-refractivity contribution is 0.0681. The van der Waals surface area contributed by atoms with E-state index in [4.69, 9.17) is 16.3 Å². The van der Waals surface area contributed by atoms with Crippen molar-refractivity contribution in [3.63, 3.8) is 0 Å². The average Bonchev–Trinajstić information content (AvgIpc) is 2.98. The SMILES string of the molecule is Cc1ncsc1CCOC(C)c1nc(CCl)cs1. The Labute approximate surface area is 120 Å². The lowest BCUT2D eigenvalue weighted by atomic mass is 10.3. The molecule has 0 aromatic carbocycles. The highest BCUT2D eigenvalue weighted by Gasteiger charge is 2.11. The van der Waals surface area contributed by atoms with E-state index in [0.29, 0.717) is 12.5 Å². The minimum absolute atomic E-state index is 0.0280. The Morgan fingerprint density at radius 1 is 1.44 bits per heavy atom. The second-order valence-electron chi connectivity index (χ2n) is 3.93. The Balaban J connectivity index is 1.81. The Morgan fingerprint density at radius 3 is 2.89 bits per heavy atom. The van der Waals surface area contributed by atoms with Crippen molar-refractivity contribution >= 4 is 34.3 Å². The summed E-state index contributed by atoms with van der Waals surface area (Å²) < 4.78 is 5.80. The molecule has 0 N–H and O–H groups in total. The molecule has 18 heavy (non-hydrogen) atoms. The normalized spacial score (nSPS) is 12.8. The van der Waals surface area contributed by atoms with Gasteiger partial charge in [-0.1, -0.05) is 0 Å². The van der Waals surface area contributed by atoms with Crippen LogP contribution in [0.4, 0.5) is 0 Å². The van der Waals surface area contributed by atoms with E-state index in [2.05, 4.69) is 9.97 Å². The van der Waals surface area contributed by atoms with E-state index in [-0.39, 0.29) is 6.10 Å². The molecule has 0 aliphatic carbocycles. The number of thiazole rings is 2. The zero-order valence-electron chi connectivity index (χ0n) is 10.4. The fraction of sp³-hybridized carbons (Fsp3) is 0.500. The summed E-state index contributed by atoms with van der Waals surface area (Å²) in [5, 5.41) is 2.97. The van der Waals surface area contributed by atoms with Crippen molar-refractivity contribution in [2.24, 2.45) is 0 Å². The molecule has 0 aliphatic heterocycles. The Kier molecular flexibility index (Phi) is 5.12. The van der Waals surface area contributed by atoms with Crippen LogP contribution in [0.3, 0.4) is 0 Å². The summed E-state index contributed by atoms with van der Waals surface area (Å²) in [5.74, 6) is 0.462. The van der Waals surface area contributed by atoms with Crippen molar-refractivity contribution in [1.82, 2.24) is 9.97 Å². The zero-order chi connectivity index (χ0) is 13.0. The Morgan fingerprint density at radius 2 is 2.28 bits per heavy atom. The molecule has 0 fully saturated rings. The van der Waals surface area contributed by atoms with E-state index in [1.807, 2.05) is 24.7 Å². The summed E-state index contributed by atoms with van der Waals surface area (Å²) in [4.78, 5) is 9.93. The Bertz CT molecular complexity index is 498. The van der Waals surface area contributed by atoms with Crippen LogP contribution in [-0.2, 0) is 17.0 Å². The van der Waals surface area contributed by atoms with Gasteiger partial charge in [0.15, 0.2) is 0 Å². The monoisotopic (exact) mass is 302 g/mol. The highest BCUT2D eigenvalue weighted by Crippen LogP contribution is 2.22. The van der Waals surface area contributed by atoms with Gasteiger partial charge in [-0.2, -0.15) is 0 Å². The minimum Gasteiger partial charge on any atom is -0.371 e. The van der Waals surface area contributed by atoms with Gasteiger partial charge in [0, 0.05) is 16.7 Å². The van der Waals surface area contributed by atoms with Gasteiger partial charge in [-0.3, -0.25) is 0 Å². The molecule has 98 valence electrons. The molecule has 0 bridgehead atoms. The third-order valence-corrected chi connectivity index (χ3v) is 4.92. The number of hydrogen-bond donors (Lipinski definition) is 0. The van der Waals surface area contributed by atoms with E-state index < -0.39 is 0 Å². The van der Waals surface area contributed by atoms with Crippen LogP contribution in [0.5, 0.6) is 0 Å². The van der Waals surface area contributed by atoms with Gasteiger partial charge in [-0.15, -0.1) is 34.3 Å². The first kappa shape index (κ1) is 13.9. The minimum atomic E-state index is 0.0280. The topological polar surface area (TPSA) is 35.0 Å². The van der Waals surface area contributed by atoms with Gasteiger partial charge in [0.2, 0.25) is 0 Å². The van der Waals surface area contributed by atoms with Crippen LogP contribution in [0, 0.1) is 6.92 Å². The van der Waals surface area contributed by atoms with Gasteiger partial charge in [0.1, 0.15) is 11.1 Å². The number of aromatic nitrogens is 2. The summed E-state index contributed by atoms with van der Waals surface area (Å²) in [6.45, 7) is 4.75. The number of aryl methyl sites for hydroxylation is 1. The first-order valence-corrected chi connectivity index (χ1v) is 8.01. The molecule has 6 heteroatoms. The highest BCUT2D eigenvalue weighted by atomic mass is 35.5. The van der Waals surface area contributed by atoms with Crippen molar-refractivity contribution in [2.45, 2.75) is 32.3 Å². The molecule has 2 aromatic heterocycles. The number of hydrogen-bond acceptors (Lipinski definition) is 5. The van der Waals surface area contributed by atoms with Crippen molar-refractivity contribution in [3.8, 4) is 0 Å². The second kappa shape index (κ2) is 6.61. The molecule has 2 rings (SSSR count). The number of nitrogens with zero attached hydrogens (tertiary/aromatic N) is 2. The molecule has 0 spiro atoms. The molecule has 1 atom stereocenters. The number of rotatable bonds is 6. The van der Waals surface area contributed by atoms with Crippen LogP contribution in [0.2, 0.25) is 0 Å². The molecule has 0 aliphatic rings. The summed E-state index contributed by atoms with van der Waals surface area (Å²) in [6.07, 6.45) is 0.939. The predicted molar refractivity (Wildman–Crippen MR) is 76.6 cm³/mol. The smallest absolute Gasteiger partial charge is 0.122 e. The number of ether oxygens (including phenoxy) is 1. The van der Waals surface area contributed by atoms with Crippen molar-refractivity contribution < 1.29 is 4.74 Å². The molecule has 0 saturated carbocycles. The van der Waals surface area contributed by atoms with Gasteiger partial charge in [-0.25, -0.2) is 9.97 Å². The fourth-order valence-corrected chi connectivity index (χ4v) is 3.35. The molecule has 0 radical (unpaired) electrons. The highest BCUT2D eigenvalue weighted by molar-refractivity contribution is 7.10. The molecule has 1 unspecified atom stereocenters. The quantitative estimate of drug-likeness (QED) is 0.757. The molecular weight excluding hydrogens is 288 g/mol. The zero-order valence-corrected chi connectivity index (χ0v) is 12.7. The van der Waals surface area contributed by atoms with Gasteiger partial charge >= 0.3 is 0 Å². The standard InChI is InChI=1S/C12H15ClN2OS2/c1-8-11(18-7-14-8)3-4-16-9(2)12-15-10(5-13)6-17-12/h6-7,9H,3-5H2,1-2H3. The maximum Gasteiger partial charge on any atom is 0.122 e.